The molecule has 0 aliphatic rings. The van der Waals surface area contributed by atoms with E-state index in [1.165, 1.54) is 0 Å². The predicted molar refractivity (Wildman–Crippen MR) is 43.9 cm³/mol. The minimum absolute atomic E-state index is 0.285. The van der Waals surface area contributed by atoms with Gasteiger partial charge in [0.05, 0.1) is 0 Å². The van der Waals surface area contributed by atoms with Gasteiger partial charge >= 0.3 is 0 Å². The van der Waals surface area contributed by atoms with Gasteiger partial charge in [-0.25, -0.2) is 0 Å². The van der Waals surface area contributed by atoms with Gasteiger partial charge in [0.15, 0.2) is 0 Å². The summed E-state index contributed by atoms with van der Waals surface area (Å²) in [5.74, 6) is -0.332. The molecule has 0 heterocycles. The van der Waals surface area contributed by atoms with Gasteiger partial charge in [-0.1, -0.05) is 20.8 Å². The van der Waals surface area contributed by atoms with Crippen LogP contribution in [-0.4, -0.2) is 16.6 Å². The van der Waals surface area contributed by atoms with Gasteiger partial charge in [-0.3, -0.25) is 4.79 Å². The van der Waals surface area contributed by atoms with Crippen LogP contribution in [0.2, 0.25) is 0 Å². The van der Waals surface area contributed by atoms with E-state index in [9.17, 15) is 9.90 Å². The zero-order chi connectivity index (χ0) is 9.07. The van der Waals surface area contributed by atoms with Gasteiger partial charge in [-0.05, 0) is 18.8 Å². The van der Waals surface area contributed by atoms with Crippen molar-refractivity contribution < 1.29 is 9.90 Å². The minimum atomic E-state index is -1.30. The molecule has 0 spiro atoms. The smallest absolute Gasteiger partial charge is 0.249 e. The molecule has 66 valence electrons. The molecule has 0 aromatic rings. The Morgan fingerprint density at radius 2 is 2.09 bits per heavy atom. The molecule has 0 radical (unpaired) electrons. The second-order valence-electron chi connectivity index (χ2n) is 3.35. The summed E-state index contributed by atoms with van der Waals surface area (Å²) in [6.45, 7) is 5.65. The Hall–Kier alpha value is -0.570. The lowest BCUT2D eigenvalue weighted by molar-refractivity contribution is -0.138. The van der Waals surface area contributed by atoms with Crippen molar-refractivity contribution in [2.24, 2.45) is 11.7 Å². The Balaban J connectivity index is 4.22. The van der Waals surface area contributed by atoms with E-state index in [1.807, 2.05) is 13.8 Å². The summed E-state index contributed by atoms with van der Waals surface area (Å²) in [5, 5.41) is 9.59. The van der Waals surface area contributed by atoms with Crippen molar-refractivity contribution >= 4 is 5.91 Å². The van der Waals surface area contributed by atoms with Crippen LogP contribution in [0.25, 0.3) is 0 Å². The maximum Gasteiger partial charge on any atom is 0.249 e. The average molecular weight is 159 g/mol. The Kier molecular flexibility index (Phi) is 3.52. The van der Waals surface area contributed by atoms with Crippen LogP contribution in [0.4, 0.5) is 0 Å². The van der Waals surface area contributed by atoms with E-state index in [0.717, 1.165) is 0 Å². The van der Waals surface area contributed by atoms with Crippen LogP contribution in [-0.2, 0) is 4.79 Å². The molecule has 1 unspecified atom stereocenters. The lowest BCUT2D eigenvalue weighted by atomic mass is 9.89. The second kappa shape index (κ2) is 3.72. The van der Waals surface area contributed by atoms with Gasteiger partial charge in [0.25, 0.3) is 0 Å². The summed E-state index contributed by atoms with van der Waals surface area (Å²) < 4.78 is 0. The van der Waals surface area contributed by atoms with E-state index in [1.54, 1.807) is 6.92 Å². The average Bonchev–Trinajstić information content (AvgIpc) is 1.86. The first-order chi connectivity index (χ1) is 4.92. The molecular weight excluding hydrogens is 142 g/mol. The van der Waals surface area contributed by atoms with Crippen molar-refractivity contribution in [2.45, 2.75) is 39.2 Å². The number of carbonyl (C=O) groups is 1. The van der Waals surface area contributed by atoms with Crippen LogP contribution >= 0.6 is 0 Å². The number of rotatable bonds is 4. The van der Waals surface area contributed by atoms with Crippen molar-refractivity contribution in [1.29, 1.82) is 0 Å². The van der Waals surface area contributed by atoms with Crippen LogP contribution in [0.5, 0.6) is 0 Å². The lowest BCUT2D eigenvalue weighted by Gasteiger charge is -2.24. The molecule has 0 bridgehead atoms. The van der Waals surface area contributed by atoms with Crippen molar-refractivity contribution in [1.82, 2.24) is 0 Å². The molecule has 1 atom stereocenters. The predicted octanol–water partition coefficient (Wildman–Crippen LogP) is 0.659. The van der Waals surface area contributed by atoms with Crippen LogP contribution < -0.4 is 5.73 Å². The number of carbonyl (C=O) groups excluding carboxylic acids is 1. The summed E-state index contributed by atoms with van der Waals surface area (Å²) in [7, 11) is 0. The number of hydrogen-bond donors (Lipinski definition) is 2. The summed E-state index contributed by atoms with van der Waals surface area (Å²) in [5.41, 5.74) is 3.74. The third kappa shape index (κ3) is 2.89. The number of aliphatic hydroxyl groups is 1. The fourth-order valence-electron chi connectivity index (χ4n) is 1.09. The monoisotopic (exact) mass is 159 g/mol. The number of primary amides is 1. The van der Waals surface area contributed by atoms with Crippen LogP contribution in [0.15, 0.2) is 0 Å². The second-order valence-corrected chi connectivity index (χ2v) is 3.35. The van der Waals surface area contributed by atoms with E-state index in [0.29, 0.717) is 12.8 Å². The largest absolute Gasteiger partial charge is 0.380 e. The van der Waals surface area contributed by atoms with Gasteiger partial charge in [-0.15, -0.1) is 0 Å². The maximum atomic E-state index is 10.8. The molecule has 0 aliphatic heterocycles. The highest BCUT2D eigenvalue weighted by Crippen LogP contribution is 2.19. The Labute approximate surface area is 67.6 Å². The van der Waals surface area contributed by atoms with Crippen LogP contribution in [0, 0.1) is 5.92 Å². The van der Waals surface area contributed by atoms with E-state index >= 15 is 0 Å². The van der Waals surface area contributed by atoms with Gasteiger partial charge in [0.2, 0.25) is 5.91 Å². The van der Waals surface area contributed by atoms with Crippen molar-refractivity contribution in [3.8, 4) is 0 Å². The van der Waals surface area contributed by atoms with Gasteiger partial charge in [-0.2, -0.15) is 0 Å². The molecule has 0 saturated carbocycles. The standard InChI is InChI=1S/C8H17NO2/c1-4-8(11,7(9)10)5-6(2)3/h6,11H,4-5H2,1-3H3,(H2,9,10). The number of amides is 1. The minimum Gasteiger partial charge on any atom is -0.380 e. The quantitative estimate of drug-likeness (QED) is 0.633. The highest BCUT2D eigenvalue weighted by Gasteiger charge is 2.31. The molecule has 0 saturated heterocycles. The molecule has 0 fully saturated rings. The fourth-order valence-corrected chi connectivity index (χ4v) is 1.09. The SMILES string of the molecule is CCC(O)(CC(C)C)C(N)=O. The molecule has 0 aromatic carbocycles. The molecule has 0 rings (SSSR count). The first-order valence-electron chi connectivity index (χ1n) is 3.94. The van der Waals surface area contributed by atoms with Crippen molar-refractivity contribution in [2.75, 3.05) is 0 Å². The first kappa shape index (κ1) is 10.4. The van der Waals surface area contributed by atoms with Gasteiger partial charge < -0.3 is 10.8 Å². The number of hydrogen-bond acceptors (Lipinski definition) is 2. The summed E-state index contributed by atoms with van der Waals surface area (Å²) >= 11 is 0. The normalized spacial score (nSPS) is 16.5. The van der Waals surface area contributed by atoms with Crippen molar-refractivity contribution in [3.05, 3.63) is 0 Å². The Morgan fingerprint density at radius 3 is 2.18 bits per heavy atom. The molecule has 11 heavy (non-hydrogen) atoms. The molecule has 0 aliphatic carbocycles. The molecule has 0 aromatic heterocycles. The Morgan fingerprint density at radius 1 is 1.64 bits per heavy atom. The lowest BCUT2D eigenvalue weighted by Crippen LogP contribution is -2.44. The van der Waals surface area contributed by atoms with Crippen molar-refractivity contribution in [3.63, 3.8) is 0 Å². The zero-order valence-electron chi connectivity index (χ0n) is 7.42. The summed E-state index contributed by atoms with van der Waals surface area (Å²) in [6.07, 6.45) is 0.833. The first-order valence-corrected chi connectivity index (χ1v) is 3.94. The van der Waals surface area contributed by atoms with E-state index in [4.69, 9.17) is 5.73 Å². The molecule has 1 amide bonds. The van der Waals surface area contributed by atoms with Gasteiger partial charge in [0, 0.05) is 0 Å². The third-order valence-electron chi connectivity index (χ3n) is 1.79. The summed E-state index contributed by atoms with van der Waals surface area (Å²) in [4.78, 5) is 10.8. The maximum absolute atomic E-state index is 10.8. The molecule has 3 nitrogen and oxygen atoms in total. The third-order valence-corrected chi connectivity index (χ3v) is 1.79. The van der Waals surface area contributed by atoms with E-state index in [-0.39, 0.29) is 5.92 Å². The molecule has 3 N–H and O–H groups in total. The fraction of sp³-hybridized carbons (Fsp3) is 0.875. The van der Waals surface area contributed by atoms with Crippen LogP contribution in [0.1, 0.15) is 33.6 Å². The summed E-state index contributed by atoms with van der Waals surface area (Å²) in [6, 6.07) is 0. The number of nitrogens with two attached hydrogens (primary N) is 1. The Bertz CT molecular complexity index is 145. The topological polar surface area (TPSA) is 63.3 Å². The van der Waals surface area contributed by atoms with E-state index < -0.39 is 11.5 Å². The van der Waals surface area contributed by atoms with Gasteiger partial charge in [0.1, 0.15) is 5.60 Å². The molecular formula is C8H17NO2. The van der Waals surface area contributed by atoms with E-state index in [2.05, 4.69) is 0 Å². The zero-order valence-corrected chi connectivity index (χ0v) is 7.42. The molecule has 3 heteroatoms. The highest BCUT2D eigenvalue weighted by atomic mass is 16.3. The van der Waals surface area contributed by atoms with Crippen LogP contribution in [0.3, 0.4) is 0 Å². The highest BCUT2D eigenvalue weighted by molar-refractivity contribution is 5.83.